The quantitative estimate of drug-likeness (QED) is 0.830. The highest BCUT2D eigenvalue weighted by Gasteiger charge is 2.14. The molecule has 2 aromatic rings. The molecule has 122 valence electrons. The molecule has 0 radical (unpaired) electrons. The van der Waals surface area contributed by atoms with E-state index in [0.717, 1.165) is 5.56 Å². The highest BCUT2D eigenvalue weighted by atomic mass is 35.5. The van der Waals surface area contributed by atoms with E-state index < -0.39 is 22.7 Å². The Kier molecular flexibility index (Phi) is 5.57. The highest BCUT2D eigenvalue weighted by molar-refractivity contribution is 7.84. The van der Waals surface area contributed by atoms with Gasteiger partial charge in [-0.05, 0) is 42.8 Å². The molecule has 1 heterocycles. The van der Waals surface area contributed by atoms with Crippen molar-refractivity contribution in [3.63, 3.8) is 0 Å². The van der Waals surface area contributed by atoms with Crippen LogP contribution in [0.15, 0.2) is 34.7 Å². The zero-order chi connectivity index (χ0) is 17.0. The average Bonchev–Trinajstić information content (AvgIpc) is 2.90. The number of amides is 1. The number of benzene rings is 1. The fourth-order valence-electron chi connectivity index (χ4n) is 1.88. The minimum atomic E-state index is -1.51. The van der Waals surface area contributed by atoms with Crippen LogP contribution in [0.4, 0.5) is 5.69 Å². The monoisotopic (exact) mass is 355 g/mol. The van der Waals surface area contributed by atoms with E-state index in [0.29, 0.717) is 10.7 Å². The molecule has 1 unspecified atom stereocenters. The fraction of sp³-hybridized carbons (Fsp3) is 0.200. The SMILES string of the molecule is Cc1cc(Cl)ccc1NC(=O)CS(=O)Cc1ccc(C(=O)O)o1. The first-order valence-electron chi connectivity index (χ1n) is 6.58. The topological polar surface area (TPSA) is 96.6 Å². The van der Waals surface area contributed by atoms with E-state index in [1.54, 1.807) is 25.1 Å². The zero-order valence-corrected chi connectivity index (χ0v) is 13.7. The molecule has 0 aliphatic heterocycles. The molecule has 1 atom stereocenters. The number of halogens is 1. The molecule has 1 aromatic heterocycles. The molecule has 1 aromatic carbocycles. The number of hydrogen-bond acceptors (Lipinski definition) is 4. The molecule has 23 heavy (non-hydrogen) atoms. The summed E-state index contributed by atoms with van der Waals surface area (Å²) in [4.78, 5) is 22.6. The van der Waals surface area contributed by atoms with Crippen molar-refractivity contribution >= 4 is 40.0 Å². The van der Waals surface area contributed by atoms with Crippen LogP contribution >= 0.6 is 11.6 Å². The second kappa shape index (κ2) is 7.43. The number of aromatic carboxylic acids is 1. The Balaban J connectivity index is 1.91. The average molecular weight is 356 g/mol. The van der Waals surface area contributed by atoms with Crippen LogP contribution in [0, 0.1) is 6.92 Å². The Bertz CT molecular complexity index is 771. The first-order valence-corrected chi connectivity index (χ1v) is 8.44. The Morgan fingerprint density at radius 2 is 2.04 bits per heavy atom. The van der Waals surface area contributed by atoms with E-state index in [2.05, 4.69) is 5.32 Å². The lowest BCUT2D eigenvalue weighted by Crippen LogP contribution is -2.20. The number of aryl methyl sites for hydroxylation is 1. The van der Waals surface area contributed by atoms with Gasteiger partial charge in [-0.3, -0.25) is 9.00 Å². The van der Waals surface area contributed by atoms with Gasteiger partial charge in [-0.25, -0.2) is 4.79 Å². The molecular formula is C15H14ClNO5S. The number of rotatable bonds is 6. The van der Waals surface area contributed by atoms with E-state index in [9.17, 15) is 13.8 Å². The summed E-state index contributed by atoms with van der Waals surface area (Å²) in [5.41, 5.74) is 1.40. The molecule has 0 fully saturated rings. The van der Waals surface area contributed by atoms with E-state index >= 15 is 0 Å². The largest absolute Gasteiger partial charge is 0.475 e. The summed E-state index contributed by atoms with van der Waals surface area (Å²) in [5, 5.41) is 12.0. The summed E-state index contributed by atoms with van der Waals surface area (Å²) in [7, 11) is -1.51. The van der Waals surface area contributed by atoms with Gasteiger partial charge in [-0.1, -0.05) is 11.6 Å². The first kappa shape index (κ1) is 17.2. The molecule has 8 heteroatoms. The van der Waals surface area contributed by atoms with Crippen molar-refractivity contribution in [2.75, 3.05) is 11.1 Å². The van der Waals surface area contributed by atoms with Gasteiger partial charge in [0.2, 0.25) is 11.7 Å². The van der Waals surface area contributed by atoms with Crippen molar-refractivity contribution in [2.45, 2.75) is 12.7 Å². The van der Waals surface area contributed by atoms with Crippen LogP contribution in [0.3, 0.4) is 0 Å². The number of carboxylic acids is 1. The third kappa shape index (κ3) is 4.94. The van der Waals surface area contributed by atoms with Crippen LogP contribution in [0.1, 0.15) is 21.9 Å². The molecule has 6 nitrogen and oxygen atoms in total. The van der Waals surface area contributed by atoms with E-state index in [4.69, 9.17) is 21.1 Å². The number of furan rings is 1. The number of carbonyl (C=O) groups excluding carboxylic acids is 1. The Morgan fingerprint density at radius 1 is 1.30 bits per heavy atom. The van der Waals surface area contributed by atoms with Gasteiger partial charge < -0.3 is 14.8 Å². The van der Waals surface area contributed by atoms with Crippen LogP contribution in [0.25, 0.3) is 0 Å². The normalized spacial score (nSPS) is 11.9. The molecule has 0 saturated heterocycles. The van der Waals surface area contributed by atoms with Crippen LogP contribution in [-0.4, -0.2) is 26.9 Å². The van der Waals surface area contributed by atoms with Crippen molar-refractivity contribution in [1.29, 1.82) is 0 Å². The van der Waals surface area contributed by atoms with Crippen molar-refractivity contribution < 1.29 is 23.3 Å². The van der Waals surface area contributed by atoms with Crippen LogP contribution in [0.2, 0.25) is 5.02 Å². The molecule has 2 rings (SSSR count). The summed E-state index contributed by atoms with van der Waals surface area (Å²) in [6.45, 7) is 1.80. The lowest BCUT2D eigenvalue weighted by atomic mass is 10.2. The first-order chi connectivity index (χ1) is 10.8. The second-order valence-corrected chi connectivity index (χ2v) is 6.70. The maximum atomic E-state index is 12.0. The highest BCUT2D eigenvalue weighted by Crippen LogP contribution is 2.19. The van der Waals surface area contributed by atoms with Crippen molar-refractivity contribution in [3.8, 4) is 0 Å². The summed E-state index contributed by atoms with van der Waals surface area (Å²) in [5.74, 6) is -1.81. The van der Waals surface area contributed by atoms with Crippen LogP contribution in [0.5, 0.6) is 0 Å². The van der Waals surface area contributed by atoms with Gasteiger partial charge in [0.15, 0.2) is 0 Å². The third-order valence-electron chi connectivity index (χ3n) is 2.93. The number of carbonyl (C=O) groups is 2. The summed E-state index contributed by atoms with van der Waals surface area (Å²) in [6.07, 6.45) is 0. The van der Waals surface area contributed by atoms with Crippen molar-refractivity contribution in [2.24, 2.45) is 0 Å². The van der Waals surface area contributed by atoms with Gasteiger partial charge in [0, 0.05) is 21.5 Å². The number of nitrogens with one attached hydrogen (secondary N) is 1. The third-order valence-corrected chi connectivity index (χ3v) is 4.36. The predicted octanol–water partition coefficient (Wildman–Crippen LogP) is 2.83. The lowest BCUT2D eigenvalue weighted by Gasteiger charge is -2.08. The molecule has 0 spiro atoms. The predicted molar refractivity (Wildman–Crippen MR) is 87.2 cm³/mol. The van der Waals surface area contributed by atoms with Crippen LogP contribution < -0.4 is 5.32 Å². The molecule has 1 amide bonds. The van der Waals surface area contributed by atoms with Gasteiger partial charge in [-0.15, -0.1) is 0 Å². The maximum absolute atomic E-state index is 12.0. The smallest absolute Gasteiger partial charge is 0.371 e. The Morgan fingerprint density at radius 3 is 2.65 bits per heavy atom. The molecular weight excluding hydrogens is 342 g/mol. The number of hydrogen-bond donors (Lipinski definition) is 2. The summed E-state index contributed by atoms with van der Waals surface area (Å²) >= 11 is 5.84. The molecule has 2 N–H and O–H groups in total. The standard InChI is InChI=1S/C15H14ClNO5S/c1-9-6-10(16)2-4-12(9)17-14(18)8-23(21)7-11-3-5-13(22-11)15(19)20/h2-6H,7-8H2,1H3,(H,17,18)(H,19,20). The number of anilines is 1. The molecule has 0 bridgehead atoms. The molecule has 0 aliphatic rings. The zero-order valence-electron chi connectivity index (χ0n) is 12.2. The summed E-state index contributed by atoms with van der Waals surface area (Å²) in [6, 6.07) is 7.75. The lowest BCUT2D eigenvalue weighted by molar-refractivity contribution is -0.113. The fourth-order valence-corrected chi connectivity index (χ4v) is 3.05. The van der Waals surface area contributed by atoms with Gasteiger partial charge >= 0.3 is 5.97 Å². The van der Waals surface area contributed by atoms with E-state index in [1.807, 2.05) is 0 Å². The molecule has 0 saturated carbocycles. The van der Waals surface area contributed by atoms with E-state index in [-0.39, 0.29) is 23.0 Å². The Hall–Kier alpha value is -2.12. The van der Waals surface area contributed by atoms with Crippen LogP contribution in [-0.2, 0) is 21.3 Å². The van der Waals surface area contributed by atoms with Gasteiger partial charge in [-0.2, -0.15) is 0 Å². The maximum Gasteiger partial charge on any atom is 0.371 e. The van der Waals surface area contributed by atoms with Crippen molar-refractivity contribution in [1.82, 2.24) is 0 Å². The molecule has 0 aliphatic carbocycles. The minimum absolute atomic E-state index is 0.0275. The van der Waals surface area contributed by atoms with Gasteiger partial charge in [0.1, 0.15) is 11.5 Å². The minimum Gasteiger partial charge on any atom is -0.475 e. The summed E-state index contributed by atoms with van der Waals surface area (Å²) < 4.78 is 17.0. The Labute approximate surface area is 139 Å². The van der Waals surface area contributed by atoms with Crippen molar-refractivity contribution in [3.05, 3.63) is 52.4 Å². The van der Waals surface area contributed by atoms with Gasteiger partial charge in [0.05, 0.1) is 5.75 Å². The number of carboxylic acid groups (broad SMARTS) is 1. The van der Waals surface area contributed by atoms with Gasteiger partial charge in [0.25, 0.3) is 0 Å². The second-order valence-electron chi connectivity index (χ2n) is 4.81. The van der Waals surface area contributed by atoms with E-state index in [1.165, 1.54) is 12.1 Å².